The van der Waals surface area contributed by atoms with Crippen molar-refractivity contribution < 1.29 is 0 Å². The number of hydrogen-bond donors (Lipinski definition) is 0. The molecule has 1 aliphatic rings. The van der Waals surface area contributed by atoms with Crippen LogP contribution in [0.5, 0.6) is 0 Å². The van der Waals surface area contributed by atoms with Crippen LogP contribution in [0.1, 0.15) is 26.0 Å². The van der Waals surface area contributed by atoms with Gasteiger partial charge in [0.15, 0.2) is 0 Å². The zero-order valence-corrected chi connectivity index (χ0v) is 11.1. The summed E-state index contributed by atoms with van der Waals surface area (Å²) >= 11 is 0. The summed E-state index contributed by atoms with van der Waals surface area (Å²) in [7, 11) is 0. The van der Waals surface area contributed by atoms with Crippen molar-refractivity contribution in [1.29, 1.82) is 0 Å². The predicted octanol–water partition coefficient (Wildman–Crippen LogP) is 3.77. The second-order valence-corrected chi connectivity index (χ2v) is 5.59. The highest BCUT2D eigenvalue weighted by Crippen LogP contribution is 2.30. The SMILES string of the molecule is CC(C)C1CCn2c(cnc2-c2ccccc2)C1. The average molecular weight is 240 g/mol. The summed E-state index contributed by atoms with van der Waals surface area (Å²) in [5.74, 6) is 2.72. The van der Waals surface area contributed by atoms with Gasteiger partial charge in [0, 0.05) is 24.0 Å². The third kappa shape index (κ3) is 1.96. The molecule has 2 aromatic rings. The number of nitrogens with zero attached hydrogens (tertiary/aromatic N) is 2. The predicted molar refractivity (Wildman–Crippen MR) is 74.3 cm³/mol. The summed E-state index contributed by atoms with van der Waals surface area (Å²) in [5.41, 5.74) is 2.63. The fraction of sp³-hybridized carbons (Fsp3) is 0.438. The quantitative estimate of drug-likeness (QED) is 0.781. The van der Waals surface area contributed by atoms with E-state index in [0.717, 1.165) is 24.2 Å². The van der Waals surface area contributed by atoms with Crippen LogP contribution in [0.4, 0.5) is 0 Å². The van der Waals surface area contributed by atoms with Crippen molar-refractivity contribution in [2.24, 2.45) is 11.8 Å². The lowest BCUT2D eigenvalue weighted by Crippen LogP contribution is -2.23. The Balaban J connectivity index is 1.94. The highest BCUT2D eigenvalue weighted by molar-refractivity contribution is 5.56. The molecule has 18 heavy (non-hydrogen) atoms. The van der Waals surface area contributed by atoms with E-state index in [1.54, 1.807) is 0 Å². The average Bonchev–Trinajstić information content (AvgIpc) is 2.82. The standard InChI is InChI=1S/C16H20N2/c1-12(2)14-8-9-18-15(10-14)11-17-16(18)13-6-4-3-5-7-13/h3-7,11-12,14H,8-10H2,1-2H3. The summed E-state index contributed by atoms with van der Waals surface area (Å²) in [6.45, 7) is 5.77. The lowest BCUT2D eigenvalue weighted by atomic mass is 9.86. The second kappa shape index (κ2) is 4.60. The Morgan fingerprint density at radius 1 is 1.22 bits per heavy atom. The van der Waals surface area contributed by atoms with Gasteiger partial charge >= 0.3 is 0 Å². The Labute approximate surface area is 109 Å². The lowest BCUT2D eigenvalue weighted by molar-refractivity contribution is 0.304. The lowest BCUT2D eigenvalue weighted by Gasteiger charge is -2.27. The molecule has 1 aromatic carbocycles. The zero-order chi connectivity index (χ0) is 12.5. The Kier molecular flexibility index (Phi) is 2.94. The molecule has 0 saturated carbocycles. The van der Waals surface area contributed by atoms with Gasteiger partial charge in [-0.1, -0.05) is 44.2 Å². The van der Waals surface area contributed by atoms with E-state index in [1.165, 1.54) is 24.1 Å². The van der Waals surface area contributed by atoms with Crippen molar-refractivity contribution in [2.75, 3.05) is 0 Å². The highest BCUT2D eigenvalue weighted by atomic mass is 15.1. The van der Waals surface area contributed by atoms with E-state index in [4.69, 9.17) is 0 Å². The van der Waals surface area contributed by atoms with Crippen molar-refractivity contribution in [3.8, 4) is 11.4 Å². The van der Waals surface area contributed by atoms with Crippen molar-refractivity contribution in [3.05, 3.63) is 42.2 Å². The van der Waals surface area contributed by atoms with Crippen LogP contribution in [0, 0.1) is 11.8 Å². The minimum Gasteiger partial charge on any atom is -0.328 e. The molecule has 2 heteroatoms. The Hall–Kier alpha value is -1.57. The summed E-state index contributed by atoms with van der Waals surface area (Å²) in [6, 6.07) is 10.5. The van der Waals surface area contributed by atoms with Gasteiger partial charge < -0.3 is 4.57 Å². The second-order valence-electron chi connectivity index (χ2n) is 5.59. The van der Waals surface area contributed by atoms with Gasteiger partial charge in [0.1, 0.15) is 5.82 Å². The molecule has 0 spiro atoms. The van der Waals surface area contributed by atoms with Crippen LogP contribution in [0.3, 0.4) is 0 Å². The summed E-state index contributed by atoms with van der Waals surface area (Å²) in [5, 5.41) is 0. The maximum absolute atomic E-state index is 4.62. The summed E-state index contributed by atoms with van der Waals surface area (Å²) < 4.78 is 2.40. The van der Waals surface area contributed by atoms with Crippen molar-refractivity contribution in [2.45, 2.75) is 33.2 Å². The minimum absolute atomic E-state index is 0.772. The van der Waals surface area contributed by atoms with Crippen molar-refractivity contribution in [1.82, 2.24) is 9.55 Å². The van der Waals surface area contributed by atoms with Gasteiger partial charge in [0.05, 0.1) is 0 Å². The van der Waals surface area contributed by atoms with Crippen LogP contribution < -0.4 is 0 Å². The molecule has 1 atom stereocenters. The van der Waals surface area contributed by atoms with Gasteiger partial charge in [-0.3, -0.25) is 0 Å². The van der Waals surface area contributed by atoms with E-state index < -0.39 is 0 Å². The first-order chi connectivity index (χ1) is 8.75. The molecule has 0 radical (unpaired) electrons. The van der Waals surface area contributed by atoms with Gasteiger partial charge in [-0.25, -0.2) is 4.98 Å². The van der Waals surface area contributed by atoms with E-state index in [2.05, 4.69) is 59.9 Å². The van der Waals surface area contributed by atoms with Gasteiger partial charge in [0.2, 0.25) is 0 Å². The molecule has 0 fully saturated rings. The monoisotopic (exact) mass is 240 g/mol. The number of fused-ring (bicyclic) bond motifs is 1. The van der Waals surface area contributed by atoms with E-state index >= 15 is 0 Å². The molecule has 2 heterocycles. The van der Waals surface area contributed by atoms with E-state index in [1.807, 2.05) is 0 Å². The normalized spacial score (nSPS) is 18.9. The molecule has 1 unspecified atom stereocenters. The van der Waals surface area contributed by atoms with Gasteiger partial charge in [0.25, 0.3) is 0 Å². The Bertz CT molecular complexity index is 525. The van der Waals surface area contributed by atoms with Crippen molar-refractivity contribution >= 4 is 0 Å². The summed E-state index contributed by atoms with van der Waals surface area (Å²) in [4.78, 5) is 4.62. The summed E-state index contributed by atoms with van der Waals surface area (Å²) in [6.07, 6.45) is 4.52. The first-order valence-electron chi connectivity index (χ1n) is 6.85. The van der Waals surface area contributed by atoms with Crippen LogP contribution >= 0.6 is 0 Å². The first kappa shape index (κ1) is 11.5. The number of hydrogen-bond acceptors (Lipinski definition) is 1. The largest absolute Gasteiger partial charge is 0.328 e. The topological polar surface area (TPSA) is 17.8 Å². The van der Waals surface area contributed by atoms with E-state index in [0.29, 0.717) is 0 Å². The number of imidazole rings is 1. The van der Waals surface area contributed by atoms with Gasteiger partial charge in [-0.15, -0.1) is 0 Å². The third-order valence-electron chi connectivity index (χ3n) is 4.11. The molecule has 0 saturated heterocycles. The van der Waals surface area contributed by atoms with Gasteiger partial charge in [-0.2, -0.15) is 0 Å². The molecule has 0 bridgehead atoms. The van der Waals surface area contributed by atoms with Gasteiger partial charge in [-0.05, 0) is 24.7 Å². The molecular formula is C16H20N2. The number of rotatable bonds is 2. The van der Waals surface area contributed by atoms with E-state index in [9.17, 15) is 0 Å². The molecule has 1 aromatic heterocycles. The molecule has 3 rings (SSSR count). The molecule has 0 N–H and O–H groups in total. The Morgan fingerprint density at radius 2 is 2.00 bits per heavy atom. The fourth-order valence-electron chi connectivity index (χ4n) is 2.88. The molecule has 0 amide bonds. The van der Waals surface area contributed by atoms with E-state index in [-0.39, 0.29) is 0 Å². The number of benzene rings is 1. The maximum atomic E-state index is 4.62. The fourth-order valence-corrected chi connectivity index (χ4v) is 2.88. The molecule has 0 aliphatic carbocycles. The third-order valence-corrected chi connectivity index (χ3v) is 4.11. The highest BCUT2D eigenvalue weighted by Gasteiger charge is 2.23. The smallest absolute Gasteiger partial charge is 0.140 e. The van der Waals surface area contributed by atoms with Crippen molar-refractivity contribution in [3.63, 3.8) is 0 Å². The molecular weight excluding hydrogens is 220 g/mol. The maximum Gasteiger partial charge on any atom is 0.140 e. The molecule has 1 aliphatic heterocycles. The zero-order valence-electron chi connectivity index (χ0n) is 11.1. The number of aromatic nitrogens is 2. The minimum atomic E-state index is 0.772. The van der Waals surface area contributed by atoms with Crippen LogP contribution in [0.25, 0.3) is 11.4 Å². The Morgan fingerprint density at radius 3 is 2.72 bits per heavy atom. The van der Waals surface area contributed by atoms with Crippen LogP contribution in [-0.2, 0) is 13.0 Å². The first-order valence-corrected chi connectivity index (χ1v) is 6.85. The molecule has 2 nitrogen and oxygen atoms in total. The molecule has 94 valence electrons. The van der Waals surface area contributed by atoms with Crippen LogP contribution in [0.2, 0.25) is 0 Å². The van der Waals surface area contributed by atoms with Crippen LogP contribution in [-0.4, -0.2) is 9.55 Å². The van der Waals surface area contributed by atoms with Crippen LogP contribution in [0.15, 0.2) is 36.5 Å².